The molecule has 1 saturated heterocycles. The molecule has 7 nitrogen and oxygen atoms in total. The Bertz CT molecular complexity index is 1100. The molecule has 1 atom stereocenters. The van der Waals surface area contributed by atoms with Gasteiger partial charge in [0.1, 0.15) is 11.6 Å². The molecule has 0 aliphatic carbocycles. The summed E-state index contributed by atoms with van der Waals surface area (Å²) in [6.45, 7) is 3.32. The van der Waals surface area contributed by atoms with Crippen LogP contribution in [-0.2, 0) is 16.1 Å². The molecule has 2 heterocycles. The molecule has 0 unspecified atom stereocenters. The molecule has 178 valence electrons. The van der Waals surface area contributed by atoms with Crippen molar-refractivity contribution in [2.45, 2.75) is 12.6 Å². The molecule has 1 aromatic heterocycles. The van der Waals surface area contributed by atoms with Gasteiger partial charge in [0, 0.05) is 50.0 Å². The van der Waals surface area contributed by atoms with E-state index in [0.29, 0.717) is 10.8 Å². The number of piperazine rings is 1. The predicted molar refractivity (Wildman–Crippen MR) is 128 cm³/mol. The largest absolute Gasteiger partial charge is 0.468 e. The summed E-state index contributed by atoms with van der Waals surface area (Å²) in [5, 5.41) is 5.86. The highest BCUT2D eigenvalue weighted by atomic mass is 35.5. The summed E-state index contributed by atoms with van der Waals surface area (Å²) >= 11 is 6.10. The van der Waals surface area contributed by atoms with Crippen molar-refractivity contribution in [3.8, 4) is 0 Å². The molecule has 1 aliphatic heterocycles. The van der Waals surface area contributed by atoms with Crippen LogP contribution in [0, 0.1) is 5.82 Å². The van der Waals surface area contributed by atoms with Gasteiger partial charge in [-0.2, -0.15) is 0 Å². The molecule has 0 saturated carbocycles. The van der Waals surface area contributed by atoms with E-state index >= 15 is 0 Å². The van der Waals surface area contributed by atoms with Crippen LogP contribution in [0.1, 0.15) is 17.4 Å². The van der Waals surface area contributed by atoms with Crippen molar-refractivity contribution in [1.82, 2.24) is 15.5 Å². The summed E-state index contributed by atoms with van der Waals surface area (Å²) in [6.07, 6.45) is 1.59. The Balaban J connectivity index is 1.32. The fraction of sp³-hybridized carbons (Fsp3) is 0.280. The molecule has 1 aliphatic rings. The Kier molecular flexibility index (Phi) is 7.82. The third-order valence-electron chi connectivity index (χ3n) is 5.88. The fourth-order valence-electron chi connectivity index (χ4n) is 4.00. The van der Waals surface area contributed by atoms with Crippen molar-refractivity contribution in [2.75, 3.05) is 37.6 Å². The van der Waals surface area contributed by atoms with Gasteiger partial charge in [-0.3, -0.25) is 14.5 Å². The summed E-state index contributed by atoms with van der Waals surface area (Å²) in [5.74, 6) is -0.980. The number of halogens is 2. The van der Waals surface area contributed by atoms with E-state index in [2.05, 4.69) is 20.4 Å². The van der Waals surface area contributed by atoms with E-state index in [-0.39, 0.29) is 24.9 Å². The van der Waals surface area contributed by atoms with Crippen LogP contribution < -0.4 is 15.5 Å². The maximum Gasteiger partial charge on any atom is 0.309 e. The molecule has 2 aromatic carbocycles. The van der Waals surface area contributed by atoms with Crippen LogP contribution in [0.4, 0.5) is 10.1 Å². The molecule has 34 heavy (non-hydrogen) atoms. The third kappa shape index (κ3) is 5.95. The van der Waals surface area contributed by atoms with Gasteiger partial charge in [-0.1, -0.05) is 29.8 Å². The van der Waals surface area contributed by atoms with Gasteiger partial charge < -0.3 is 20.0 Å². The van der Waals surface area contributed by atoms with E-state index in [1.807, 2.05) is 12.1 Å². The van der Waals surface area contributed by atoms with Crippen molar-refractivity contribution in [3.63, 3.8) is 0 Å². The SMILES string of the molecule is O=C(NCc1ccccc1Cl)C(=O)NC[C@@H](c1ccco1)N1CCN(c2ccc(F)cc2)CC1. The van der Waals surface area contributed by atoms with Gasteiger partial charge >= 0.3 is 11.8 Å². The Morgan fingerprint density at radius 3 is 2.32 bits per heavy atom. The highest BCUT2D eigenvalue weighted by Gasteiger charge is 2.28. The Labute approximate surface area is 202 Å². The number of hydrogen-bond acceptors (Lipinski definition) is 5. The van der Waals surface area contributed by atoms with Crippen molar-refractivity contribution in [3.05, 3.63) is 89.1 Å². The molecule has 2 amide bonds. The van der Waals surface area contributed by atoms with Crippen LogP contribution in [0.25, 0.3) is 0 Å². The first-order valence-corrected chi connectivity index (χ1v) is 11.5. The molecule has 4 rings (SSSR count). The first-order chi connectivity index (χ1) is 16.5. The van der Waals surface area contributed by atoms with Gasteiger partial charge in [-0.25, -0.2) is 4.39 Å². The summed E-state index contributed by atoms with van der Waals surface area (Å²) in [4.78, 5) is 29.1. The Hall–Kier alpha value is -3.36. The standard InChI is InChI=1S/C25H26ClFN4O3/c26-21-5-2-1-4-18(21)16-28-24(32)25(33)29-17-22(23-6-3-15-34-23)31-13-11-30(12-14-31)20-9-7-19(27)8-10-20/h1-10,15,22H,11-14,16-17H2,(H,28,32)(H,29,33)/t22-/m0/s1. The van der Waals surface area contributed by atoms with E-state index < -0.39 is 11.8 Å². The Morgan fingerprint density at radius 2 is 1.65 bits per heavy atom. The van der Waals surface area contributed by atoms with Gasteiger partial charge in [-0.05, 0) is 48.0 Å². The fourth-order valence-corrected chi connectivity index (χ4v) is 4.20. The van der Waals surface area contributed by atoms with Gasteiger partial charge in [0.25, 0.3) is 0 Å². The number of furan rings is 1. The second-order valence-electron chi connectivity index (χ2n) is 8.01. The quantitative estimate of drug-likeness (QED) is 0.503. The zero-order chi connectivity index (χ0) is 23.9. The number of anilines is 1. The normalized spacial score (nSPS) is 15.1. The monoisotopic (exact) mass is 484 g/mol. The Morgan fingerprint density at radius 1 is 0.941 bits per heavy atom. The minimum atomic E-state index is -0.723. The average molecular weight is 485 g/mol. The van der Waals surface area contributed by atoms with Gasteiger partial charge in [0.15, 0.2) is 0 Å². The topological polar surface area (TPSA) is 77.8 Å². The second kappa shape index (κ2) is 11.2. The van der Waals surface area contributed by atoms with E-state index in [0.717, 1.165) is 37.4 Å². The van der Waals surface area contributed by atoms with Crippen molar-refractivity contribution in [1.29, 1.82) is 0 Å². The number of rotatable bonds is 7. The summed E-state index contributed by atoms with van der Waals surface area (Å²) < 4.78 is 18.9. The van der Waals surface area contributed by atoms with Gasteiger partial charge in [0.2, 0.25) is 0 Å². The molecule has 0 bridgehead atoms. The van der Waals surface area contributed by atoms with Gasteiger partial charge in [0.05, 0.1) is 12.3 Å². The van der Waals surface area contributed by atoms with Gasteiger partial charge in [-0.15, -0.1) is 0 Å². The summed E-state index contributed by atoms with van der Waals surface area (Å²) in [7, 11) is 0. The average Bonchev–Trinajstić information content (AvgIpc) is 3.39. The van der Waals surface area contributed by atoms with Crippen LogP contribution in [0.3, 0.4) is 0 Å². The number of nitrogens with one attached hydrogen (secondary N) is 2. The minimum Gasteiger partial charge on any atom is -0.468 e. The van der Waals surface area contributed by atoms with E-state index in [9.17, 15) is 14.0 Å². The number of carbonyl (C=O) groups is 2. The highest BCUT2D eigenvalue weighted by Crippen LogP contribution is 2.24. The highest BCUT2D eigenvalue weighted by molar-refractivity contribution is 6.35. The molecule has 3 aromatic rings. The maximum atomic E-state index is 13.2. The first kappa shape index (κ1) is 23.8. The van der Waals surface area contributed by atoms with Crippen LogP contribution in [0.15, 0.2) is 71.3 Å². The number of benzene rings is 2. The number of nitrogens with zero attached hydrogens (tertiary/aromatic N) is 2. The molecule has 0 spiro atoms. The van der Waals surface area contributed by atoms with Crippen LogP contribution in [0.2, 0.25) is 5.02 Å². The van der Waals surface area contributed by atoms with Crippen molar-refractivity contribution >= 4 is 29.1 Å². The van der Waals surface area contributed by atoms with Crippen molar-refractivity contribution in [2.24, 2.45) is 0 Å². The van der Waals surface area contributed by atoms with E-state index in [4.69, 9.17) is 16.0 Å². The smallest absolute Gasteiger partial charge is 0.309 e. The minimum absolute atomic E-state index is 0.166. The maximum absolute atomic E-state index is 13.2. The van der Waals surface area contributed by atoms with Crippen LogP contribution in [-0.4, -0.2) is 49.4 Å². The molecule has 0 radical (unpaired) electrons. The van der Waals surface area contributed by atoms with Crippen LogP contribution in [0.5, 0.6) is 0 Å². The lowest BCUT2D eigenvalue weighted by atomic mass is 10.1. The van der Waals surface area contributed by atoms with Crippen LogP contribution >= 0.6 is 11.6 Å². The van der Waals surface area contributed by atoms with E-state index in [1.54, 1.807) is 42.7 Å². The lowest BCUT2D eigenvalue weighted by Crippen LogP contribution is -2.50. The summed E-state index contributed by atoms with van der Waals surface area (Å²) in [5.41, 5.74) is 1.71. The molecular formula is C25H26ClFN4O3. The predicted octanol–water partition coefficient (Wildman–Crippen LogP) is 3.37. The second-order valence-corrected chi connectivity index (χ2v) is 8.42. The molecule has 9 heteroatoms. The third-order valence-corrected chi connectivity index (χ3v) is 6.25. The lowest BCUT2D eigenvalue weighted by molar-refractivity contribution is -0.139. The number of carbonyl (C=O) groups excluding carboxylic acids is 2. The molecular weight excluding hydrogens is 459 g/mol. The lowest BCUT2D eigenvalue weighted by Gasteiger charge is -2.39. The molecule has 2 N–H and O–H groups in total. The van der Waals surface area contributed by atoms with Crippen molar-refractivity contribution < 1.29 is 18.4 Å². The number of hydrogen-bond donors (Lipinski definition) is 2. The zero-order valence-corrected chi connectivity index (χ0v) is 19.3. The number of amides is 2. The summed E-state index contributed by atoms with van der Waals surface area (Å²) in [6, 6.07) is 17.0. The first-order valence-electron chi connectivity index (χ1n) is 11.1. The molecule has 1 fully saturated rings. The van der Waals surface area contributed by atoms with E-state index in [1.165, 1.54) is 12.1 Å². The zero-order valence-electron chi connectivity index (χ0n) is 18.5.